The van der Waals surface area contributed by atoms with Crippen LogP contribution in [-0.2, 0) is 16.8 Å². The fourth-order valence-electron chi connectivity index (χ4n) is 2.86. The SMILES string of the molecule is CC1(c2ccccc2)CCC(=O)N(Cc2ccon2)C1. The van der Waals surface area contributed by atoms with Crippen LogP contribution < -0.4 is 0 Å². The lowest BCUT2D eigenvalue weighted by Gasteiger charge is -2.40. The van der Waals surface area contributed by atoms with E-state index >= 15 is 0 Å². The second-order valence-corrected chi connectivity index (χ2v) is 5.67. The molecular weight excluding hydrogens is 252 g/mol. The minimum absolute atomic E-state index is 0.0128. The lowest BCUT2D eigenvalue weighted by molar-refractivity contribution is -0.136. The number of hydrogen-bond donors (Lipinski definition) is 0. The van der Waals surface area contributed by atoms with Gasteiger partial charge in [-0.2, -0.15) is 0 Å². The molecule has 1 aliphatic rings. The van der Waals surface area contributed by atoms with Crippen molar-refractivity contribution in [3.63, 3.8) is 0 Å². The third-order valence-corrected chi connectivity index (χ3v) is 4.10. The fourth-order valence-corrected chi connectivity index (χ4v) is 2.86. The standard InChI is InChI=1S/C16H18N2O2/c1-16(13-5-3-2-4-6-13)9-7-15(19)18(12-16)11-14-8-10-20-17-14/h2-6,8,10H,7,9,11-12H2,1H3. The number of benzene rings is 1. The van der Waals surface area contributed by atoms with Crippen LogP contribution in [0.4, 0.5) is 0 Å². The molecule has 1 aliphatic heterocycles. The Balaban J connectivity index is 1.80. The van der Waals surface area contributed by atoms with Gasteiger partial charge in [-0.15, -0.1) is 0 Å². The number of carbonyl (C=O) groups is 1. The van der Waals surface area contributed by atoms with Crippen LogP contribution in [-0.4, -0.2) is 22.5 Å². The summed E-state index contributed by atoms with van der Waals surface area (Å²) >= 11 is 0. The molecule has 3 rings (SSSR count). The third-order valence-electron chi connectivity index (χ3n) is 4.10. The normalized spacial score (nSPS) is 23.1. The Morgan fingerprint density at radius 2 is 2.10 bits per heavy atom. The highest BCUT2D eigenvalue weighted by Crippen LogP contribution is 2.34. The lowest BCUT2D eigenvalue weighted by Crippen LogP contribution is -2.47. The molecule has 0 saturated carbocycles. The maximum Gasteiger partial charge on any atom is 0.222 e. The van der Waals surface area contributed by atoms with E-state index in [0.29, 0.717) is 13.0 Å². The summed E-state index contributed by atoms with van der Waals surface area (Å²) < 4.78 is 4.84. The number of hydrogen-bond acceptors (Lipinski definition) is 3. The topological polar surface area (TPSA) is 46.3 Å². The Morgan fingerprint density at radius 3 is 2.80 bits per heavy atom. The van der Waals surface area contributed by atoms with E-state index in [4.69, 9.17) is 4.52 Å². The minimum atomic E-state index is 0.0128. The molecule has 4 heteroatoms. The Kier molecular flexibility index (Phi) is 3.30. The Morgan fingerprint density at radius 1 is 1.30 bits per heavy atom. The van der Waals surface area contributed by atoms with Crippen molar-refractivity contribution in [1.29, 1.82) is 0 Å². The predicted octanol–water partition coefficient (Wildman–Crippen LogP) is 2.75. The number of nitrogens with zero attached hydrogens (tertiary/aromatic N) is 2. The molecule has 104 valence electrons. The van der Waals surface area contributed by atoms with Crippen LogP contribution >= 0.6 is 0 Å². The third kappa shape index (κ3) is 2.46. The first-order valence-electron chi connectivity index (χ1n) is 6.90. The van der Waals surface area contributed by atoms with Crippen LogP contribution in [0.5, 0.6) is 0 Å². The van der Waals surface area contributed by atoms with E-state index in [1.165, 1.54) is 5.56 Å². The molecule has 0 radical (unpaired) electrons. The first-order chi connectivity index (χ1) is 9.67. The number of likely N-dealkylation sites (tertiary alicyclic amines) is 1. The molecule has 2 aromatic rings. The molecule has 1 fully saturated rings. The van der Waals surface area contributed by atoms with Gasteiger partial charge in [-0.3, -0.25) is 4.79 Å². The van der Waals surface area contributed by atoms with Crippen molar-refractivity contribution in [2.45, 2.75) is 31.7 Å². The second kappa shape index (κ2) is 5.12. The highest BCUT2D eigenvalue weighted by molar-refractivity contribution is 5.77. The number of carbonyl (C=O) groups excluding carboxylic acids is 1. The van der Waals surface area contributed by atoms with Crippen LogP contribution in [0.3, 0.4) is 0 Å². The molecule has 0 N–H and O–H groups in total. The number of amides is 1. The zero-order chi connectivity index (χ0) is 14.0. The van der Waals surface area contributed by atoms with Gasteiger partial charge < -0.3 is 9.42 Å². The second-order valence-electron chi connectivity index (χ2n) is 5.67. The van der Waals surface area contributed by atoms with Crippen molar-refractivity contribution in [2.75, 3.05) is 6.54 Å². The van der Waals surface area contributed by atoms with Crippen LogP contribution in [0.2, 0.25) is 0 Å². The van der Waals surface area contributed by atoms with Gasteiger partial charge in [-0.1, -0.05) is 42.4 Å². The lowest BCUT2D eigenvalue weighted by atomic mass is 9.75. The zero-order valence-electron chi connectivity index (χ0n) is 11.6. The van der Waals surface area contributed by atoms with Gasteiger partial charge >= 0.3 is 0 Å². The van der Waals surface area contributed by atoms with Crippen LogP contribution in [0.15, 0.2) is 47.2 Å². The van der Waals surface area contributed by atoms with Crippen LogP contribution in [0.1, 0.15) is 31.0 Å². The molecule has 1 atom stereocenters. The van der Waals surface area contributed by atoms with Crippen molar-refractivity contribution in [2.24, 2.45) is 0 Å². The van der Waals surface area contributed by atoms with Gasteiger partial charge in [0, 0.05) is 24.4 Å². The van der Waals surface area contributed by atoms with Crippen molar-refractivity contribution in [3.05, 3.63) is 53.9 Å². The maximum atomic E-state index is 12.1. The molecule has 1 aromatic carbocycles. The van der Waals surface area contributed by atoms with Gasteiger partial charge in [0.05, 0.1) is 6.54 Å². The van der Waals surface area contributed by atoms with Gasteiger partial charge in [0.1, 0.15) is 12.0 Å². The summed E-state index contributed by atoms with van der Waals surface area (Å²) in [5.41, 5.74) is 2.10. The molecule has 0 bridgehead atoms. The summed E-state index contributed by atoms with van der Waals surface area (Å²) in [5, 5.41) is 3.90. The monoisotopic (exact) mass is 270 g/mol. The molecule has 20 heavy (non-hydrogen) atoms. The molecule has 4 nitrogen and oxygen atoms in total. The van der Waals surface area contributed by atoms with Crippen LogP contribution in [0, 0.1) is 0 Å². The summed E-state index contributed by atoms with van der Waals surface area (Å²) in [5.74, 6) is 0.196. The van der Waals surface area contributed by atoms with E-state index in [9.17, 15) is 4.79 Å². The van der Waals surface area contributed by atoms with Gasteiger partial charge in [-0.05, 0) is 12.0 Å². The molecular formula is C16H18N2O2. The zero-order valence-corrected chi connectivity index (χ0v) is 11.6. The van der Waals surface area contributed by atoms with Gasteiger partial charge in [0.25, 0.3) is 0 Å². The van der Waals surface area contributed by atoms with E-state index in [1.807, 2.05) is 17.0 Å². The van der Waals surface area contributed by atoms with Crippen molar-refractivity contribution in [3.8, 4) is 0 Å². The van der Waals surface area contributed by atoms with E-state index in [-0.39, 0.29) is 11.3 Å². The largest absolute Gasteiger partial charge is 0.364 e. The smallest absolute Gasteiger partial charge is 0.222 e. The maximum absolute atomic E-state index is 12.1. The highest BCUT2D eigenvalue weighted by Gasteiger charge is 2.36. The molecule has 1 unspecified atom stereocenters. The van der Waals surface area contributed by atoms with E-state index < -0.39 is 0 Å². The highest BCUT2D eigenvalue weighted by atomic mass is 16.5. The summed E-state index contributed by atoms with van der Waals surface area (Å²) in [6, 6.07) is 12.2. The minimum Gasteiger partial charge on any atom is -0.364 e. The summed E-state index contributed by atoms with van der Waals surface area (Å²) in [7, 11) is 0. The molecule has 1 aromatic heterocycles. The quantitative estimate of drug-likeness (QED) is 0.861. The van der Waals surface area contributed by atoms with Crippen LogP contribution in [0.25, 0.3) is 0 Å². The average molecular weight is 270 g/mol. The number of rotatable bonds is 3. The van der Waals surface area contributed by atoms with Gasteiger partial charge in [-0.25, -0.2) is 0 Å². The average Bonchev–Trinajstić information content (AvgIpc) is 2.97. The van der Waals surface area contributed by atoms with Crippen molar-refractivity contribution < 1.29 is 9.32 Å². The summed E-state index contributed by atoms with van der Waals surface area (Å²) in [6.45, 7) is 3.48. The molecule has 1 saturated heterocycles. The Labute approximate surface area is 118 Å². The predicted molar refractivity (Wildman–Crippen MR) is 74.9 cm³/mol. The van der Waals surface area contributed by atoms with Gasteiger partial charge in [0.15, 0.2) is 0 Å². The van der Waals surface area contributed by atoms with Crippen molar-refractivity contribution >= 4 is 5.91 Å². The molecule has 1 amide bonds. The first kappa shape index (κ1) is 12.9. The van der Waals surface area contributed by atoms with Crippen molar-refractivity contribution in [1.82, 2.24) is 10.1 Å². The first-order valence-corrected chi connectivity index (χ1v) is 6.90. The fraction of sp³-hybridized carbons (Fsp3) is 0.375. The summed E-state index contributed by atoms with van der Waals surface area (Å²) in [4.78, 5) is 14.0. The summed E-state index contributed by atoms with van der Waals surface area (Å²) in [6.07, 6.45) is 3.02. The van der Waals surface area contributed by atoms with E-state index in [1.54, 1.807) is 6.26 Å². The number of piperidine rings is 1. The molecule has 2 heterocycles. The molecule has 0 spiro atoms. The number of aromatic nitrogens is 1. The molecule has 0 aliphatic carbocycles. The van der Waals surface area contributed by atoms with Gasteiger partial charge in [0.2, 0.25) is 5.91 Å². The Hall–Kier alpha value is -2.10. The van der Waals surface area contributed by atoms with E-state index in [0.717, 1.165) is 18.7 Å². The van der Waals surface area contributed by atoms with E-state index in [2.05, 4.69) is 36.3 Å². The Bertz CT molecular complexity index is 580.